The van der Waals surface area contributed by atoms with Crippen LogP contribution in [-0.4, -0.2) is 25.6 Å². The third-order valence-corrected chi connectivity index (χ3v) is 3.57. The molecule has 0 saturated heterocycles. The monoisotopic (exact) mass is 270 g/mol. The van der Waals surface area contributed by atoms with Crippen LogP contribution in [-0.2, 0) is 7.05 Å². The number of hydrogen-bond acceptors (Lipinski definition) is 3. The minimum absolute atomic E-state index is 0.0157. The molecule has 6 nitrogen and oxygen atoms in total. The summed E-state index contributed by atoms with van der Waals surface area (Å²) < 4.78 is 2.02. The molecule has 1 aromatic carbocycles. The van der Waals surface area contributed by atoms with Gasteiger partial charge in [0.25, 0.3) is 0 Å². The first kappa shape index (κ1) is 12.3. The van der Waals surface area contributed by atoms with Crippen LogP contribution < -0.4 is 5.73 Å². The Kier molecular flexibility index (Phi) is 2.53. The molecule has 0 amide bonds. The number of para-hydroxylation sites is 1. The van der Waals surface area contributed by atoms with E-state index >= 15 is 0 Å². The SMILES string of the molecule is Cc1c(-c2nc(N)[nH]c2C(=O)O)c2ccccc2n1C. The Labute approximate surface area is 114 Å². The lowest BCUT2D eigenvalue weighted by atomic mass is 10.1. The number of aromatic nitrogens is 3. The second-order valence-corrected chi connectivity index (χ2v) is 4.69. The van der Waals surface area contributed by atoms with Gasteiger partial charge in [0.05, 0.1) is 0 Å². The number of hydrogen-bond donors (Lipinski definition) is 3. The van der Waals surface area contributed by atoms with E-state index in [1.807, 2.05) is 42.8 Å². The van der Waals surface area contributed by atoms with Crippen LogP contribution in [0.15, 0.2) is 24.3 Å². The first-order valence-corrected chi connectivity index (χ1v) is 6.14. The van der Waals surface area contributed by atoms with E-state index in [4.69, 9.17) is 5.73 Å². The first-order chi connectivity index (χ1) is 9.50. The van der Waals surface area contributed by atoms with Gasteiger partial charge in [-0.15, -0.1) is 0 Å². The molecule has 0 aliphatic rings. The molecule has 102 valence electrons. The van der Waals surface area contributed by atoms with Crippen molar-refractivity contribution in [3.8, 4) is 11.3 Å². The van der Waals surface area contributed by atoms with Crippen LogP contribution in [0.25, 0.3) is 22.2 Å². The number of nitrogens with zero attached hydrogens (tertiary/aromatic N) is 2. The van der Waals surface area contributed by atoms with Gasteiger partial charge in [0.2, 0.25) is 0 Å². The molecule has 0 spiro atoms. The number of aryl methyl sites for hydroxylation is 1. The topological polar surface area (TPSA) is 96.9 Å². The molecule has 0 aliphatic heterocycles. The normalized spacial score (nSPS) is 11.1. The smallest absolute Gasteiger partial charge is 0.354 e. The number of nitrogen functional groups attached to an aromatic ring is 1. The summed E-state index contributed by atoms with van der Waals surface area (Å²) in [6.07, 6.45) is 0. The Morgan fingerprint density at radius 2 is 2.10 bits per heavy atom. The molecule has 0 saturated carbocycles. The molecule has 0 aliphatic carbocycles. The maximum atomic E-state index is 11.3. The number of H-pyrrole nitrogens is 1. The predicted molar refractivity (Wildman–Crippen MR) is 76.6 cm³/mol. The van der Waals surface area contributed by atoms with Gasteiger partial charge in [-0.25, -0.2) is 9.78 Å². The molecule has 3 rings (SSSR count). The number of anilines is 1. The molecule has 6 heteroatoms. The number of nitrogens with one attached hydrogen (secondary N) is 1. The number of benzene rings is 1. The molecule has 4 N–H and O–H groups in total. The number of rotatable bonds is 2. The molecule has 0 radical (unpaired) electrons. The number of carboxylic acids is 1. The molecule has 0 bridgehead atoms. The highest BCUT2D eigenvalue weighted by molar-refractivity contribution is 6.03. The van der Waals surface area contributed by atoms with Crippen LogP contribution in [0.3, 0.4) is 0 Å². The van der Waals surface area contributed by atoms with Crippen molar-refractivity contribution in [3.63, 3.8) is 0 Å². The highest BCUT2D eigenvalue weighted by Crippen LogP contribution is 2.35. The molecule has 3 aromatic rings. The number of carboxylic acid groups (broad SMARTS) is 1. The van der Waals surface area contributed by atoms with Gasteiger partial charge in [-0.1, -0.05) is 18.2 Å². The zero-order valence-electron chi connectivity index (χ0n) is 11.1. The van der Waals surface area contributed by atoms with Crippen molar-refractivity contribution in [2.24, 2.45) is 7.05 Å². The van der Waals surface area contributed by atoms with Gasteiger partial charge >= 0.3 is 5.97 Å². The summed E-state index contributed by atoms with van der Waals surface area (Å²) in [6.45, 7) is 1.94. The van der Waals surface area contributed by atoms with E-state index in [1.54, 1.807) is 0 Å². The van der Waals surface area contributed by atoms with Crippen LogP contribution in [0.1, 0.15) is 16.2 Å². The van der Waals surface area contributed by atoms with E-state index < -0.39 is 5.97 Å². The average molecular weight is 270 g/mol. The van der Waals surface area contributed by atoms with E-state index in [-0.39, 0.29) is 11.6 Å². The highest BCUT2D eigenvalue weighted by atomic mass is 16.4. The van der Waals surface area contributed by atoms with Crippen molar-refractivity contribution in [3.05, 3.63) is 35.7 Å². The molecular formula is C14H14N4O2. The van der Waals surface area contributed by atoms with Gasteiger partial charge in [-0.05, 0) is 13.0 Å². The van der Waals surface area contributed by atoms with E-state index in [0.29, 0.717) is 5.69 Å². The molecule has 2 aromatic heterocycles. The minimum Gasteiger partial charge on any atom is -0.477 e. The summed E-state index contributed by atoms with van der Waals surface area (Å²) in [7, 11) is 1.94. The van der Waals surface area contributed by atoms with Gasteiger partial charge in [0, 0.05) is 29.2 Å². The van der Waals surface area contributed by atoms with Crippen LogP contribution in [0, 0.1) is 6.92 Å². The maximum absolute atomic E-state index is 11.3. The van der Waals surface area contributed by atoms with Crippen molar-refractivity contribution in [2.75, 3.05) is 5.73 Å². The third-order valence-electron chi connectivity index (χ3n) is 3.57. The van der Waals surface area contributed by atoms with Crippen molar-refractivity contribution in [1.29, 1.82) is 0 Å². The summed E-state index contributed by atoms with van der Waals surface area (Å²) in [5.41, 5.74) is 8.78. The van der Waals surface area contributed by atoms with Gasteiger partial charge in [0.1, 0.15) is 5.69 Å². The van der Waals surface area contributed by atoms with Crippen molar-refractivity contribution in [2.45, 2.75) is 6.92 Å². The predicted octanol–water partition coefficient (Wildman–Crippen LogP) is 2.16. The van der Waals surface area contributed by atoms with E-state index in [9.17, 15) is 9.90 Å². The Hall–Kier alpha value is -2.76. The van der Waals surface area contributed by atoms with Crippen LogP contribution in [0.2, 0.25) is 0 Å². The molecule has 0 fully saturated rings. The largest absolute Gasteiger partial charge is 0.477 e. The van der Waals surface area contributed by atoms with Gasteiger partial charge < -0.3 is 20.4 Å². The number of imidazole rings is 1. The maximum Gasteiger partial charge on any atom is 0.354 e. The zero-order chi connectivity index (χ0) is 14.4. The standard InChI is InChI=1S/C14H14N4O2/c1-7-10(8-5-3-4-6-9(8)18(7)2)11-12(13(19)20)17-14(15)16-11/h3-6H,1-2H3,(H,19,20)(H3,15,16,17). The fraction of sp³-hybridized carbons (Fsp3) is 0.143. The Bertz CT molecular complexity index is 829. The summed E-state index contributed by atoms with van der Waals surface area (Å²) >= 11 is 0. The second kappa shape index (κ2) is 4.12. The Morgan fingerprint density at radius 1 is 1.40 bits per heavy atom. The summed E-state index contributed by atoms with van der Waals surface area (Å²) in [6, 6.07) is 7.81. The van der Waals surface area contributed by atoms with E-state index in [2.05, 4.69) is 9.97 Å². The number of carbonyl (C=O) groups is 1. The fourth-order valence-electron chi connectivity index (χ4n) is 2.55. The fourth-order valence-corrected chi connectivity index (χ4v) is 2.55. The van der Waals surface area contributed by atoms with Gasteiger partial charge in [0.15, 0.2) is 11.6 Å². The quantitative estimate of drug-likeness (QED) is 0.664. The van der Waals surface area contributed by atoms with Gasteiger partial charge in [-0.3, -0.25) is 0 Å². The first-order valence-electron chi connectivity index (χ1n) is 6.14. The van der Waals surface area contributed by atoms with Crippen molar-refractivity contribution in [1.82, 2.24) is 14.5 Å². The van der Waals surface area contributed by atoms with Crippen molar-refractivity contribution < 1.29 is 9.90 Å². The Morgan fingerprint density at radius 3 is 2.80 bits per heavy atom. The Balaban J connectivity index is 2.41. The number of nitrogens with two attached hydrogens (primary N) is 1. The third kappa shape index (κ3) is 1.58. The van der Waals surface area contributed by atoms with Crippen molar-refractivity contribution >= 4 is 22.8 Å². The van der Waals surface area contributed by atoms with E-state index in [1.165, 1.54) is 0 Å². The van der Waals surface area contributed by atoms with E-state index in [0.717, 1.165) is 22.2 Å². The lowest BCUT2D eigenvalue weighted by molar-refractivity contribution is 0.0692. The number of aromatic amines is 1. The van der Waals surface area contributed by atoms with Crippen LogP contribution in [0.5, 0.6) is 0 Å². The molecule has 20 heavy (non-hydrogen) atoms. The second-order valence-electron chi connectivity index (χ2n) is 4.69. The van der Waals surface area contributed by atoms with Crippen LogP contribution >= 0.6 is 0 Å². The zero-order valence-corrected chi connectivity index (χ0v) is 11.1. The lowest BCUT2D eigenvalue weighted by Crippen LogP contribution is -2.00. The molecule has 0 atom stereocenters. The molecule has 2 heterocycles. The average Bonchev–Trinajstić information content (AvgIpc) is 2.90. The highest BCUT2D eigenvalue weighted by Gasteiger charge is 2.22. The molecular weight excluding hydrogens is 256 g/mol. The summed E-state index contributed by atoms with van der Waals surface area (Å²) in [5, 5.41) is 10.2. The summed E-state index contributed by atoms with van der Waals surface area (Å²) in [5.74, 6) is -0.971. The minimum atomic E-state index is -1.07. The molecule has 0 unspecified atom stereocenters. The van der Waals surface area contributed by atoms with Crippen LogP contribution in [0.4, 0.5) is 5.95 Å². The lowest BCUT2D eigenvalue weighted by Gasteiger charge is -2.00. The number of fused-ring (bicyclic) bond motifs is 1. The summed E-state index contributed by atoms with van der Waals surface area (Å²) in [4.78, 5) is 18.1. The van der Waals surface area contributed by atoms with Gasteiger partial charge in [-0.2, -0.15) is 0 Å². The number of aromatic carboxylic acids is 1.